The largest absolute Gasteiger partial charge is 0.545 e. The Balaban J connectivity index is 1.58. The molecule has 0 unspecified atom stereocenters. The topological polar surface area (TPSA) is 105 Å². The lowest BCUT2D eigenvalue weighted by Crippen LogP contribution is -2.26. The van der Waals surface area contributed by atoms with E-state index in [-0.39, 0.29) is 29.5 Å². The van der Waals surface area contributed by atoms with Gasteiger partial charge in [0.2, 0.25) is 0 Å². The predicted molar refractivity (Wildman–Crippen MR) is 144 cm³/mol. The first-order valence-electron chi connectivity index (χ1n) is 12.4. The molecule has 1 heterocycles. The Morgan fingerprint density at radius 2 is 1.68 bits per heavy atom. The molecule has 5 rings (SSSR count). The molecule has 7 nitrogen and oxygen atoms in total. The molecular formula is C30H24NO6S-. The van der Waals surface area contributed by atoms with Gasteiger partial charge in [-0.1, -0.05) is 48.5 Å². The SMILES string of the molecule is CCOC(=O)c1c(N=Cc2c(OC(=O)c3ccccc3C(=O)[O-])ccc3ccccc23)sc2c1CCCC2. The number of hydrogen-bond donors (Lipinski definition) is 0. The first-order chi connectivity index (χ1) is 18.5. The average molecular weight is 527 g/mol. The Kier molecular flexibility index (Phi) is 7.33. The number of carboxylic acids is 1. The van der Waals surface area contributed by atoms with Gasteiger partial charge >= 0.3 is 11.9 Å². The van der Waals surface area contributed by atoms with Crippen molar-refractivity contribution in [3.63, 3.8) is 0 Å². The van der Waals surface area contributed by atoms with Gasteiger partial charge in [-0.2, -0.15) is 0 Å². The molecule has 1 aliphatic carbocycles. The number of aromatic carboxylic acids is 1. The number of benzene rings is 3. The Morgan fingerprint density at radius 3 is 2.47 bits per heavy atom. The lowest BCUT2D eigenvalue weighted by molar-refractivity contribution is -0.255. The molecule has 0 atom stereocenters. The van der Waals surface area contributed by atoms with E-state index in [2.05, 4.69) is 0 Å². The zero-order valence-corrected chi connectivity index (χ0v) is 21.5. The minimum atomic E-state index is -1.47. The van der Waals surface area contributed by atoms with Crippen LogP contribution < -0.4 is 9.84 Å². The summed E-state index contributed by atoms with van der Waals surface area (Å²) in [5, 5.41) is 13.8. The summed E-state index contributed by atoms with van der Waals surface area (Å²) in [6.45, 7) is 2.04. The summed E-state index contributed by atoms with van der Waals surface area (Å²) in [6, 6.07) is 16.8. The van der Waals surface area contributed by atoms with Crippen LogP contribution in [0.2, 0.25) is 0 Å². The third-order valence-electron chi connectivity index (χ3n) is 6.44. The van der Waals surface area contributed by atoms with Crippen LogP contribution in [0.5, 0.6) is 5.75 Å². The molecular weight excluding hydrogens is 502 g/mol. The molecule has 1 aliphatic rings. The Hall–Kier alpha value is -4.30. The van der Waals surface area contributed by atoms with Gasteiger partial charge in [-0.15, -0.1) is 11.3 Å². The standard InChI is InChI=1S/C30H25NO6S/c1-2-36-30(35)26-22-13-7-8-14-25(22)38-27(26)31-17-23-19-10-4-3-9-18(19)15-16-24(23)37-29(34)21-12-6-5-11-20(21)28(32)33/h3-6,9-12,15-17H,2,7-8,13-14H2,1H3,(H,32,33)/p-1. The number of nitrogens with zero attached hydrogens (tertiary/aromatic N) is 1. The van der Waals surface area contributed by atoms with Crippen LogP contribution in [-0.2, 0) is 17.6 Å². The van der Waals surface area contributed by atoms with Crippen molar-refractivity contribution >= 4 is 51.2 Å². The molecule has 1 aromatic heterocycles. The molecule has 0 aliphatic heterocycles. The van der Waals surface area contributed by atoms with Crippen molar-refractivity contribution in [1.82, 2.24) is 0 Å². The molecule has 0 N–H and O–H groups in total. The molecule has 0 bridgehead atoms. The number of esters is 2. The van der Waals surface area contributed by atoms with E-state index in [1.807, 2.05) is 30.3 Å². The maximum atomic E-state index is 13.0. The van der Waals surface area contributed by atoms with Crippen LogP contribution in [0.4, 0.5) is 5.00 Å². The monoisotopic (exact) mass is 526 g/mol. The van der Waals surface area contributed by atoms with Gasteiger partial charge in [0.05, 0.1) is 23.7 Å². The van der Waals surface area contributed by atoms with E-state index < -0.39 is 11.9 Å². The van der Waals surface area contributed by atoms with Crippen LogP contribution in [0.3, 0.4) is 0 Å². The molecule has 0 radical (unpaired) electrons. The van der Waals surface area contributed by atoms with Crippen molar-refractivity contribution in [3.05, 3.63) is 93.4 Å². The zero-order chi connectivity index (χ0) is 26.6. The normalized spacial score (nSPS) is 12.9. The third-order valence-corrected chi connectivity index (χ3v) is 7.64. The molecule has 0 fully saturated rings. The second-order valence-electron chi connectivity index (χ2n) is 8.79. The van der Waals surface area contributed by atoms with Gasteiger partial charge in [0.1, 0.15) is 10.8 Å². The highest BCUT2D eigenvalue weighted by Gasteiger charge is 2.26. The highest BCUT2D eigenvalue weighted by Crippen LogP contribution is 2.40. The first-order valence-corrected chi connectivity index (χ1v) is 13.2. The highest BCUT2D eigenvalue weighted by atomic mass is 32.1. The minimum absolute atomic E-state index is 0.112. The van der Waals surface area contributed by atoms with Gasteiger partial charge in [-0.3, -0.25) is 0 Å². The van der Waals surface area contributed by atoms with Crippen LogP contribution >= 0.6 is 11.3 Å². The number of fused-ring (bicyclic) bond motifs is 2. The summed E-state index contributed by atoms with van der Waals surface area (Å²) in [7, 11) is 0. The lowest BCUT2D eigenvalue weighted by atomic mass is 9.95. The van der Waals surface area contributed by atoms with Crippen LogP contribution in [-0.4, -0.2) is 30.7 Å². The van der Waals surface area contributed by atoms with Crippen LogP contribution in [0, 0.1) is 0 Å². The van der Waals surface area contributed by atoms with Gasteiger partial charge in [-0.05, 0) is 61.1 Å². The zero-order valence-electron chi connectivity index (χ0n) is 20.7. The molecule has 192 valence electrons. The summed E-state index contributed by atoms with van der Waals surface area (Å²) in [6.07, 6.45) is 5.38. The van der Waals surface area contributed by atoms with Gasteiger partial charge in [0.15, 0.2) is 0 Å². The predicted octanol–water partition coefficient (Wildman–Crippen LogP) is 5.29. The van der Waals surface area contributed by atoms with E-state index >= 15 is 0 Å². The van der Waals surface area contributed by atoms with Crippen molar-refractivity contribution in [2.45, 2.75) is 32.6 Å². The van der Waals surface area contributed by atoms with E-state index in [0.29, 0.717) is 16.1 Å². The molecule has 3 aromatic carbocycles. The first kappa shape index (κ1) is 25.4. The van der Waals surface area contributed by atoms with Crippen LogP contribution in [0.25, 0.3) is 10.8 Å². The van der Waals surface area contributed by atoms with Crippen LogP contribution in [0.15, 0.2) is 65.7 Å². The minimum Gasteiger partial charge on any atom is -0.545 e. The van der Waals surface area contributed by atoms with Gasteiger partial charge in [0.25, 0.3) is 0 Å². The Morgan fingerprint density at radius 1 is 0.947 bits per heavy atom. The van der Waals surface area contributed by atoms with Crippen molar-refractivity contribution in [1.29, 1.82) is 0 Å². The molecule has 4 aromatic rings. The third kappa shape index (κ3) is 4.95. The summed E-state index contributed by atoms with van der Waals surface area (Å²) in [4.78, 5) is 43.3. The Bertz CT molecular complexity index is 1590. The van der Waals surface area contributed by atoms with E-state index in [4.69, 9.17) is 14.5 Å². The van der Waals surface area contributed by atoms with Crippen molar-refractivity contribution in [3.8, 4) is 5.75 Å². The average Bonchev–Trinajstić information content (AvgIpc) is 3.31. The summed E-state index contributed by atoms with van der Waals surface area (Å²) >= 11 is 1.48. The highest BCUT2D eigenvalue weighted by molar-refractivity contribution is 7.16. The summed E-state index contributed by atoms with van der Waals surface area (Å²) in [5.74, 6) is -2.47. The fourth-order valence-electron chi connectivity index (χ4n) is 4.67. The van der Waals surface area contributed by atoms with Gasteiger partial charge < -0.3 is 19.4 Å². The van der Waals surface area contributed by atoms with E-state index in [1.54, 1.807) is 25.3 Å². The van der Waals surface area contributed by atoms with Gasteiger partial charge in [-0.25, -0.2) is 14.6 Å². The molecule has 0 amide bonds. The number of aliphatic imine (C=N–C) groups is 1. The fraction of sp³-hybridized carbons (Fsp3) is 0.200. The second kappa shape index (κ2) is 11.0. The van der Waals surface area contributed by atoms with Crippen LogP contribution in [0.1, 0.15) is 66.8 Å². The van der Waals surface area contributed by atoms with E-state index in [9.17, 15) is 19.5 Å². The number of ether oxygens (including phenoxy) is 2. The second-order valence-corrected chi connectivity index (χ2v) is 9.87. The van der Waals surface area contributed by atoms with Crippen molar-refractivity contribution in [2.24, 2.45) is 4.99 Å². The summed E-state index contributed by atoms with van der Waals surface area (Å²) < 4.78 is 11.0. The molecule has 0 saturated carbocycles. The smallest absolute Gasteiger partial charge is 0.344 e. The molecule has 0 spiro atoms. The van der Waals surface area contributed by atoms with Crippen molar-refractivity contribution in [2.75, 3.05) is 6.61 Å². The maximum Gasteiger partial charge on any atom is 0.344 e. The fourth-order valence-corrected chi connectivity index (χ4v) is 5.89. The Labute approximate surface area is 223 Å². The number of carbonyl (C=O) groups is 3. The number of thiophene rings is 1. The van der Waals surface area contributed by atoms with Crippen molar-refractivity contribution < 1.29 is 29.0 Å². The van der Waals surface area contributed by atoms with E-state index in [1.165, 1.54) is 29.5 Å². The number of rotatable bonds is 7. The molecule has 8 heteroatoms. The lowest BCUT2D eigenvalue weighted by Gasteiger charge is -2.13. The number of carboxylic acid groups (broad SMARTS) is 1. The summed E-state index contributed by atoms with van der Waals surface area (Å²) in [5.41, 5.74) is 1.68. The maximum absolute atomic E-state index is 13.0. The molecule has 38 heavy (non-hydrogen) atoms. The number of carbonyl (C=O) groups excluding carboxylic acids is 3. The van der Waals surface area contributed by atoms with Gasteiger partial charge in [0, 0.05) is 22.2 Å². The molecule has 0 saturated heterocycles. The number of aryl methyl sites for hydroxylation is 1. The number of hydrogen-bond acceptors (Lipinski definition) is 8. The quantitative estimate of drug-likeness (QED) is 0.184. The van der Waals surface area contributed by atoms with E-state index in [0.717, 1.165) is 46.9 Å².